The van der Waals surface area contributed by atoms with Crippen molar-refractivity contribution in [2.75, 3.05) is 14.2 Å². The summed E-state index contributed by atoms with van der Waals surface area (Å²) < 4.78 is 12.6. The predicted octanol–water partition coefficient (Wildman–Crippen LogP) is 2.97. The molecule has 0 saturated carbocycles. The first-order chi connectivity index (χ1) is 13.1. The van der Waals surface area contributed by atoms with Gasteiger partial charge in [0.15, 0.2) is 5.96 Å². The second-order valence-electron chi connectivity index (χ2n) is 5.98. The van der Waals surface area contributed by atoms with Crippen LogP contribution in [0.4, 0.5) is 0 Å². The Morgan fingerprint density at radius 2 is 1.86 bits per heavy atom. The Kier molecular flexibility index (Phi) is 7.85. The van der Waals surface area contributed by atoms with Gasteiger partial charge in [0.2, 0.25) is 5.89 Å². The number of ether oxygens (including phenoxy) is 1. The van der Waals surface area contributed by atoms with E-state index in [2.05, 4.69) is 25.7 Å². The van der Waals surface area contributed by atoms with Crippen LogP contribution in [0.15, 0.2) is 45.9 Å². The van der Waals surface area contributed by atoms with Gasteiger partial charge in [-0.15, -0.1) is 24.0 Å². The lowest BCUT2D eigenvalue weighted by Gasteiger charge is -2.09. The molecule has 3 aromatic rings. The van der Waals surface area contributed by atoms with E-state index in [0.717, 1.165) is 28.6 Å². The number of methoxy groups -OCH3 is 1. The molecule has 2 N–H and O–H groups in total. The van der Waals surface area contributed by atoms with Crippen LogP contribution < -0.4 is 15.4 Å². The number of nitrogens with zero attached hydrogens (tertiary/aromatic N) is 4. The van der Waals surface area contributed by atoms with Gasteiger partial charge in [-0.3, -0.25) is 4.99 Å². The SMILES string of the molecule is CN=C(NCc1ccn(-c2ccc(OC)cc2)n1)NCc1nc(C)c(C)o1.I. The molecule has 0 aliphatic carbocycles. The van der Waals surface area contributed by atoms with Crippen LogP contribution in [0.25, 0.3) is 5.69 Å². The van der Waals surface area contributed by atoms with Crippen molar-refractivity contribution in [3.8, 4) is 11.4 Å². The fourth-order valence-electron chi connectivity index (χ4n) is 2.50. The lowest BCUT2D eigenvalue weighted by molar-refractivity contribution is 0.414. The third kappa shape index (κ3) is 5.47. The number of aliphatic imine (C=N–C) groups is 1. The minimum absolute atomic E-state index is 0. The van der Waals surface area contributed by atoms with Gasteiger partial charge in [0, 0.05) is 13.2 Å². The summed E-state index contributed by atoms with van der Waals surface area (Å²) in [7, 11) is 3.37. The third-order valence-electron chi connectivity index (χ3n) is 4.12. The van der Waals surface area contributed by atoms with Gasteiger partial charge in [0.1, 0.15) is 11.5 Å². The minimum atomic E-state index is 0. The molecule has 0 fully saturated rings. The summed E-state index contributed by atoms with van der Waals surface area (Å²) in [6, 6.07) is 9.71. The van der Waals surface area contributed by atoms with Crippen molar-refractivity contribution in [2.24, 2.45) is 4.99 Å². The number of hydrogen-bond acceptors (Lipinski definition) is 5. The largest absolute Gasteiger partial charge is 0.497 e. The molecule has 0 unspecified atom stereocenters. The normalized spacial score (nSPS) is 11.1. The lowest BCUT2D eigenvalue weighted by Crippen LogP contribution is -2.36. The highest BCUT2D eigenvalue weighted by molar-refractivity contribution is 14.0. The van der Waals surface area contributed by atoms with Crippen molar-refractivity contribution in [3.05, 3.63) is 59.6 Å². The maximum absolute atomic E-state index is 5.56. The Balaban J connectivity index is 0.00000280. The first-order valence-electron chi connectivity index (χ1n) is 8.65. The first-order valence-corrected chi connectivity index (χ1v) is 8.65. The minimum Gasteiger partial charge on any atom is -0.497 e. The molecule has 0 amide bonds. The van der Waals surface area contributed by atoms with Crippen LogP contribution >= 0.6 is 24.0 Å². The van der Waals surface area contributed by atoms with Gasteiger partial charge in [-0.2, -0.15) is 5.10 Å². The van der Waals surface area contributed by atoms with Crippen LogP contribution in [-0.2, 0) is 13.1 Å². The van der Waals surface area contributed by atoms with E-state index in [1.807, 2.05) is 55.1 Å². The molecule has 28 heavy (non-hydrogen) atoms. The summed E-state index contributed by atoms with van der Waals surface area (Å²) in [6.07, 6.45) is 1.92. The second-order valence-corrected chi connectivity index (χ2v) is 5.98. The smallest absolute Gasteiger partial charge is 0.214 e. The summed E-state index contributed by atoms with van der Waals surface area (Å²) in [5, 5.41) is 11.0. The highest BCUT2D eigenvalue weighted by Gasteiger charge is 2.07. The number of nitrogens with one attached hydrogen (secondary N) is 2. The second kappa shape index (κ2) is 10.1. The molecule has 2 heterocycles. The van der Waals surface area contributed by atoms with Gasteiger partial charge in [0.05, 0.1) is 37.3 Å². The quantitative estimate of drug-likeness (QED) is 0.310. The number of halogens is 1. The maximum atomic E-state index is 5.56. The van der Waals surface area contributed by atoms with E-state index in [-0.39, 0.29) is 24.0 Å². The van der Waals surface area contributed by atoms with Crippen molar-refractivity contribution in [3.63, 3.8) is 0 Å². The van der Waals surface area contributed by atoms with E-state index in [9.17, 15) is 0 Å². The monoisotopic (exact) mass is 496 g/mol. The number of oxazole rings is 1. The molecule has 0 saturated heterocycles. The van der Waals surface area contributed by atoms with E-state index in [1.54, 1.807) is 14.2 Å². The van der Waals surface area contributed by atoms with Gasteiger partial charge in [-0.25, -0.2) is 9.67 Å². The predicted molar refractivity (Wildman–Crippen MR) is 119 cm³/mol. The highest BCUT2D eigenvalue weighted by atomic mass is 127. The first kappa shape index (κ1) is 21.7. The van der Waals surface area contributed by atoms with Crippen LogP contribution in [0, 0.1) is 13.8 Å². The molecule has 2 aromatic heterocycles. The Morgan fingerprint density at radius 3 is 2.46 bits per heavy atom. The third-order valence-corrected chi connectivity index (χ3v) is 4.12. The van der Waals surface area contributed by atoms with Crippen molar-refractivity contribution in [2.45, 2.75) is 26.9 Å². The van der Waals surface area contributed by atoms with E-state index in [4.69, 9.17) is 9.15 Å². The molecular formula is C19H25IN6O2. The number of benzene rings is 1. The zero-order valence-corrected chi connectivity index (χ0v) is 18.7. The fourth-order valence-corrected chi connectivity index (χ4v) is 2.50. The number of rotatable bonds is 6. The fraction of sp³-hybridized carbons (Fsp3) is 0.316. The van der Waals surface area contributed by atoms with Crippen molar-refractivity contribution >= 4 is 29.9 Å². The van der Waals surface area contributed by atoms with Crippen LogP contribution in [0.3, 0.4) is 0 Å². The number of aryl methyl sites for hydroxylation is 2. The van der Waals surface area contributed by atoms with E-state index >= 15 is 0 Å². The van der Waals surface area contributed by atoms with Gasteiger partial charge < -0.3 is 19.8 Å². The number of aromatic nitrogens is 3. The van der Waals surface area contributed by atoms with E-state index in [1.165, 1.54) is 0 Å². The van der Waals surface area contributed by atoms with Crippen molar-refractivity contribution < 1.29 is 9.15 Å². The van der Waals surface area contributed by atoms with Crippen molar-refractivity contribution in [1.82, 2.24) is 25.4 Å². The molecule has 0 radical (unpaired) electrons. The number of hydrogen-bond donors (Lipinski definition) is 2. The number of guanidine groups is 1. The molecular weight excluding hydrogens is 471 g/mol. The molecule has 150 valence electrons. The topological polar surface area (TPSA) is 89.5 Å². The Labute approximate surface area is 181 Å². The summed E-state index contributed by atoms with van der Waals surface area (Å²) in [5.74, 6) is 2.94. The maximum Gasteiger partial charge on any atom is 0.214 e. The molecule has 3 rings (SSSR count). The Morgan fingerprint density at radius 1 is 1.14 bits per heavy atom. The Bertz CT molecular complexity index is 897. The van der Waals surface area contributed by atoms with Crippen molar-refractivity contribution in [1.29, 1.82) is 0 Å². The van der Waals surface area contributed by atoms with Gasteiger partial charge in [0.25, 0.3) is 0 Å². The van der Waals surface area contributed by atoms with Crippen LogP contribution in [0.5, 0.6) is 5.75 Å². The molecule has 9 heteroatoms. The summed E-state index contributed by atoms with van der Waals surface area (Å²) in [5.41, 5.74) is 2.77. The molecule has 0 aliphatic heterocycles. The average molecular weight is 496 g/mol. The zero-order valence-electron chi connectivity index (χ0n) is 16.4. The highest BCUT2D eigenvalue weighted by Crippen LogP contribution is 2.14. The Hall–Kier alpha value is -2.56. The molecule has 0 aliphatic rings. The van der Waals surface area contributed by atoms with E-state index < -0.39 is 0 Å². The van der Waals surface area contributed by atoms with Crippen LogP contribution in [0.2, 0.25) is 0 Å². The molecule has 0 bridgehead atoms. The molecule has 8 nitrogen and oxygen atoms in total. The summed E-state index contributed by atoms with van der Waals surface area (Å²) >= 11 is 0. The van der Waals surface area contributed by atoms with Gasteiger partial charge in [-0.05, 0) is 44.2 Å². The van der Waals surface area contributed by atoms with Gasteiger partial charge >= 0.3 is 0 Å². The molecule has 1 aromatic carbocycles. The van der Waals surface area contributed by atoms with E-state index in [0.29, 0.717) is 24.9 Å². The summed E-state index contributed by atoms with van der Waals surface area (Å²) in [6.45, 7) is 4.84. The van der Waals surface area contributed by atoms with Gasteiger partial charge in [-0.1, -0.05) is 0 Å². The molecule has 0 atom stereocenters. The standard InChI is InChI=1S/C19H24N6O2.HI/c1-13-14(2)27-18(23-13)12-22-19(20-3)21-11-15-9-10-25(24-15)16-5-7-17(26-4)8-6-16;/h5-10H,11-12H2,1-4H3,(H2,20,21,22);1H. The summed E-state index contributed by atoms with van der Waals surface area (Å²) in [4.78, 5) is 8.56. The molecule has 0 spiro atoms. The average Bonchev–Trinajstić information content (AvgIpc) is 3.29. The zero-order chi connectivity index (χ0) is 19.2. The van der Waals surface area contributed by atoms with Crippen LogP contribution in [0.1, 0.15) is 23.0 Å². The van der Waals surface area contributed by atoms with Crippen LogP contribution in [-0.4, -0.2) is 34.9 Å². The lowest BCUT2D eigenvalue weighted by atomic mass is 10.3.